The summed E-state index contributed by atoms with van der Waals surface area (Å²) >= 11 is 3.69. The molecule has 0 unspecified atom stereocenters. The predicted octanol–water partition coefficient (Wildman–Crippen LogP) is 2.51. The quantitative estimate of drug-likeness (QED) is 0.650. The third-order valence-electron chi connectivity index (χ3n) is 2.42. The summed E-state index contributed by atoms with van der Waals surface area (Å²) in [5.41, 5.74) is 0. The van der Waals surface area contributed by atoms with E-state index in [0.29, 0.717) is 6.04 Å². The van der Waals surface area contributed by atoms with Crippen molar-refractivity contribution in [2.75, 3.05) is 23.1 Å². The number of hydrogen-bond acceptors (Lipinski definition) is 5. The summed E-state index contributed by atoms with van der Waals surface area (Å²) in [5, 5.41) is 4.50. The van der Waals surface area contributed by atoms with Crippen LogP contribution in [0.1, 0.15) is 12.8 Å². The van der Waals surface area contributed by atoms with Crippen LogP contribution in [0.5, 0.6) is 0 Å². The maximum Gasteiger partial charge on any atom is 0.130 e. The fraction of sp³-hybridized carbons (Fsp3) is 0.600. The lowest BCUT2D eigenvalue weighted by molar-refractivity contribution is 0.662. The van der Waals surface area contributed by atoms with Crippen molar-refractivity contribution in [1.29, 1.82) is 0 Å². The highest BCUT2D eigenvalue weighted by Gasteiger charge is 2.13. The summed E-state index contributed by atoms with van der Waals surface area (Å²) in [7, 11) is 0. The number of thioether (sulfide) groups is 2. The Morgan fingerprint density at radius 2 is 2.20 bits per heavy atom. The smallest absolute Gasteiger partial charge is 0.130 e. The van der Waals surface area contributed by atoms with Crippen LogP contribution >= 0.6 is 23.5 Å². The molecule has 3 nitrogen and oxygen atoms in total. The van der Waals surface area contributed by atoms with Crippen LogP contribution in [0.2, 0.25) is 0 Å². The highest BCUT2D eigenvalue weighted by molar-refractivity contribution is 7.99. The average Bonchev–Trinajstić information content (AvgIpc) is 2.31. The van der Waals surface area contributed by atoms with Crippen molar-refractivity contribution in [2.45, 2.75) is 23.9 Å². The lowest BCUT2D eigenvalue weighted by Crippen LogP contribution is -2.24. The van der Waals surface area contributed by atoms with E-state index in [4.69, 9.17) is 0 Å². The maximum atomic E-state index is 4.24. The molecule has 0 atom stereocenters. The molecule has 2 heterocycles. The molecule has 5 heteroatoms. The van der Waals surface area contributed by atoms with E-state index in [1.165, 1.54) is 24.3 Å². The Bertz CT molecular complexity index is 313. The van der Waals surface area contributed by atoms with Crippen molar-refractivity contribution in [3.8, 4) is 0 Å². The van der Waals surface area contributed by atoms with Crippen LogP contribution in [0, 0.1) is 0 Å². The summed E-state index contributed by atoms with van der Waals surface area (Å²) < 4.78 is 0. The van der Waals surface area contributed by atoms with E-state index in [9.17, 15) is 0 Å². The highest BCUT2D eigenvalue weighted by atomic mass is 32.2. The van der Waals surface area contributed by atoms with Gasteiger partial charge in [0, 0.05) is 12.1 Å². The van der Waals surface area contributed by atoms with Gasteiger partial charge in [-0.15, -0.1) is 11.8 Å². The molecule has 0 spiro atoms. The fourth-order valence-electron chi connectivity index (χ4n) is 1.58. The molecule has 1 aromatic rings. The van der Waals surface area contributed by atoms with E-state index < -0.39 is 0 Å². The topological polar surface area (TPSA) is 37.8 Å². The van der Waals surface area contributed by atoms with Gasteiger partial charge in [-0.2, -0.15) is 11.8 Å². The molecule has 0 saturated carbocycles. The lowest BCUT2D eigenvalue weighted by Gasteiger charge is -2.22. The van der Waals surface area contributed by atoms with Gasteiger partial charge in [0.15, 0.2) is 0 Å². The Balaban J connectivity index is 1.96. The zero-order valence-electron chi connectivity index (χ0n) is 8.77. The number of nitrogens with one attached hydrogen (secondary N) is 1. The SMILES string of the molecule is CSc1cc(NC2CCSCC2)ncn1. The maximum absolute atomic E-state index is 4.24. The van der Waals surface area contributed by atoms with Gasteiger partial charge in [0.1, 0.15) is 17.2 Å². The van der Waals surface area contributed by atoms with Crippen molar-refractivity contribution in [3.63, 3.8) is 0 Å². The Hall–Kier alpha value is -0.420. The van der Waals surface area contributed by atoms with Crippen LogP contribution in [0.3, 0.4) is 0 Å². The van der Waals surface area contributed by atoms with Crippen LogP contribution in [0.4, 0.5) is 5.82 Å². The molecule has 15 heavy (non-hydrogen) atoms. The Labute approximate surface area is 98.9 Å². The van der Waals surface area contributed by atoms with Crippen LogP contribution in [-0.4, -0.2) is 33.8 Å². The van der Waals surface area contributed by atoms with Crippen LogP contribution in [0.15, 0.2) is 17.4 Å². The fourth-order valence-corrected chi connectivity index (χ4v) is 3.07. The van der Waals surface area contributed by atoms with Crippen molar-refractivity contribution in [2.24, 2.45) is 0 Å². The normalized spacial score (nSPS) is 17.7. The summed E-state index contributed by atoms with van der Waals surface area (Å²) in [6, 6.07) is 2.61. The van der Waals surface area contributed by atoms with Gasteiger partial charge in [0.25, 0.3) is 0 Å². The Kier molecular flexibility index (Phi) is 4.14. The summed E-state index contributed by atoms with van der Waals surface area (Å²) in [4.78, 5) is 8.40. The van der Waals surface area contributed by atoms with Gasteiger partial charge in [-0.05, 0) is 30.6 Å². The third-order valence-corrected chi connectivity index (χ3v) is 4.11. The van der Waals surface area contributed by atoms with Crippen molar-refractivity contribution < 1.29 is 0 Å². The minimum absolute atomic E-state index is 0.593. The molecule has 0 bridgehead atoms. The van der Waals surface area contributed by atoms with Crippen LogP contribution in [0.25, 0.3) is 0 Å². The zero-order valence-corrected chi connectivity index (χ0v) is 10.4. The molecule has 0 aliphatic carbocycles. The molecule has 0 amide bonds. The van der Waals surface area contributed by atoms with Gasteiger partial charge in [-0.1, -0.05) is 0 Å². The van der Waals surface area contributed by atoms with E-state index in [0.717, 1.165) is 10.8 Å². The van der Waals surface area contributed by atoms with E-state index in [1.54, 1.807) is 18.1 Å². The van der Waals surface area contributed by atoms with Gasteiger partial charge >= 0.3 is 0 Å². The van der Waals surface area contributed by atoms with E-state index in [1.807, 2.05) is 24.1 Å². The second-order valence-corrected chi connectivity index (χ2v) is 5.53. The molecular formula is C10H15N3S2. The summed E-state index contributed by atoms with van der Waals surface area (Å²) in [5.74, 6) is 3.49. The number of hydrogen-bond donors (Lipinski definition) is 1. The van der Waals surface area contributed by atoms with E-state index in [-0.39, 0.29) is 0 Å². The van der Waals surface area contributed by atoms with Gasteiger partial charge in [-0.3, -0.25) is 0 Å². The molecule has 1 N–H and O–H groups in total. The van der Waals surface area contributed by atoms with E-state index in [2.05, 4.69) is 15.3 Å². The zero-order chi connectivity index (χ0) is 10.5. The number of aromatic nitrogens is 2. The van der Waals surface area contributed by atoms with Gasteiger partial charge in [0.05, 0.1) is 0 Å². The largest absolute Gasteiger partial charge is 0.367 e. The number of nitrogens with zero attached hydrogens (tertiary/aromatic N) is 2. The standard InChI is InChI=1S/C10H15N3S2/c1-14-10-6-9(11-7-12-10)13-8-2-4-15-5-3-8/h6-8H,2-5H2,1H3,(H,11,12,13). The first-order valence-corrected chi connectivity index (χ1v) is 7.47. The molecule has 0 aromatic carbocycles. The minimum Gasteiger partial charge on any atom is -0.367 e. The van der Waals surface area contributed by atoms with Crippen LogP contribution in [-0.2, 0) is 0 Å². The predicted molar refractivity (Wildman–Crippen MR) is 67.8 cm³/mol. The molecule has 1 fully saturated rings. The average molecular weight is 241 g/mol. The van der Waals surface area contributed by atoms with Crippen LogP contribution < -0.4 is 5.32 Å². The van der Waals surface area contributed by atoms with Crippen molar-refractivity contribution in [1.82, 2.24) is 9.97 Å². The van der Waals surface area contributed by atoms with Gasteiger partial charge in [-0.25, -0.2) is 9.97 Å². The molecule has 1 aliphatic heterocycles. The molecule has 82 valence electrons. The Morgan fingerprint density at radius 1 is 1.40 bits per heavy atom. The number of rotatable bonds is 3. The van der Waals surface area contributed by atoms with Crippen molar-refractivity contribution >= 4 is 29.3 Å². The molecule has 1 aromatic heterocycles. The lowest BCUT2D eigenvalue weighted by atomic mass is 10.1. The molecule has 1 saturated heterocycles. The Morgan fingerprint density at radius 3 is 2.93 bits per heavy atom. The third kappa shape index (κ3) is 3.28. The molecular weight excluding hydrogens is 226 g/mol. The molecule has 1 aliphatic rings. The first-order chi connectivity index (χ1) is 7.38. The molecule has 2 rings (SSSR count). The van der Waals surface area contributed by atoms with E-state index >= 15 is 0 Å². The first-order valence-electron chi connectivity index (χ1n) is 5.09. The van der Waals surface area contributed by atoms with Crippen molar-refractivity contribution in [3.05, 3.63) is 12.4 Å². The summed E-state index contributed by atoms with van der Waals surface area (Å²) in [6.45, 7) is 0. The second kappa shape index (κ2) is 5.61. The monoisotopic (exact) mass is 241 g/mol. The molecule has 0 radical (unpaired) electrons. The number of anilines is 1. The highest BCUT2D eigenvalue weighted by Crippen LogP contribution is 2.21. The van der Waals surface area contributed by atoms with Gasteiger partial charge < -0.3 is 5.32 Å². The van der Waals surface area contributed by atoms with Gasteiger partial charge in [0.2, 0.25) is 0 Å². The summed E-state index contributed by atoms with van der Waals surface area (Å²) in [6.07, 6.45) is 6.14. The minimum atomic E-state index is 0.593. The first kappa shape index (κ1) is 11.1. The second-order valence-electron chi connectivity index (χ2n) is 3.48.